The molecule has 0 aliphatic rings. The SMILES string of the molecule is Cc1cccc(OC(=O)CCc2nnc(C)nn2)c1. The lowest BCUT2D eigenvalue weighted by molar-refractivity contribution is -0.134. The van der Waals surface area contributed by atoms with Crippen molar-refractivity contribution in [3.8, 4) is 5.75 Å². The van der Waals surface area contributed by atoms with Crippen LogP contribution in [-0.4, -0.2) is 26.4 Å². The number of aryl methyl sites for hydroxylation is 3. The fourth-order valence-corrected chi connectivity index (χ4v) is 1.48. The van der Waals surface area contributed by atoms with Gasteiger partial charge in [0.1, 0.15) is 5.75 Å². The summed E-state index contributed by atoms with van der Waals surface area (Å²) in [5.74, 6) is 1.17. The number of hydrogen-bond acceptors (Lipinski definition) is 6. The number of benzene rings is 1. The summed E-state index contributed by atoms with van der Waals surface area (Å²) < 4.78 is 5.21. The largest absolute Gasteiger partial charge is 0.427 e. The normalized spacial score (nSPS) is 10.2. The Labute approximate surface area is 110 Å². The minimum Gasteiger partial charge on any atom is -0.427 e. The second-order valence-corrected chi connectivity index (χ2v) is 4.15. The number of aromatic nitrogens is 4. The van der Waals surface area contributed by atoms with Crippen molar-refractivity contribution >= 4 is 5.97 Å². The molecule has 2 aromatic rings. The van der Waals surface area contributed by atoms with Crippen molar-refractivity contribution in [3.05, 3.63) is 41.5 Å². The quantitative estimate of drug-likeness (QED) is 0.609. The highest BCUT2D eigenvalue weighted by atomic mass is 16.5. The highest BCUT2D eigenvalue weighted by Gasteiger charge is 2.07. The molecule has 0 saturated carbocycles. The summed E-state index contributed by atoms with van der Waals surface area (Å²) in [6.45, 7) is 3.64. The first kappa shape index (κ1) is 13.1. The molecule has 1 aromatic heterocycles. The summed E-state index contributed by atoms with van der Waals surface area (Å²) in [4.78, 5) is 11.6. The van der Waals surface area contributed by atoms with E-state index in [1.54, 1.807) is 13.0 Å². The van der Waals surface area contributed by atoms with E-state index in [0.717, 1.165) is 5.56 Å². The first-order valence-electron chi connectivity index (χ1n) is 5.94. The standard InChI is InChI=1S/C13H14N4O2/c1-9-4-3-5-11(8-9)19-13(18)7-6-12-16-14-10(2)15-17-12/h3-5,8H,6-7H2,1-2H3. The van der Waals surface area contributed by atoms with Crippen molar-refractivity contribution in [3.63, 3.8) is 0 Å². The molecule has 1 heterocycles. The summed E-state index contributed by atoms with van der Waals surface area (Å²) in [6.07, 6.45) is 0.561. The van der Waals surface area contributed by atoms with Gasteiger partial charge in [-0.2, -0.15) is 0 Å². The molecule has 0 N–H and O–H groups in total. The van der Waals surface area contributed by atoms with Crippen molar-refractivity contribution < 1.29 is 9.53 Å². The van der Waals surface area contributed by atoms with Gasteiger partial charge in [0, 0.05) is 6.42 Å². The summed E-state index contributed by atoms with van der Waals surface area (Å²) >= 11 is 0. The van der Waals surface area contributed by atoms with E-state index in [1.165, 1.54) is 0 Å². The summed E-state index contributed by atoms with van der Waals surface area (Å²) in [6, 6.07) is 7.34. The molecular formula is C13H14N4O2. The molecule has 98 valence electrons. The van der Waals surface area contributed by atoms with Crippen LogP contribution in [-0.2, 0) is 11.2 Å². The predicted molar refractivity (Wildman–Crippen MR) is 67.5 cm³/mol. The van der Waals surface area contributed by atoms with Crippen LogP contribution in [0.15, 0.2) is 24.3 Å². The average Bonchev–Trinajstić information content (AvgIpc) is 2.38. The van der Waals surface area contributed by atoms with Crippen LogP contribution in [0.3, 0.4) is 0 Å². The van der Waals surface area contributed by atoms with E-state index in [0.29, 0.717) is 23.8 Å². The van der Waals surface area contributed by atoms with Crippen LogP contribution < -0.4 is 4.74 Å². The summed E-state index contributed by atoms with van der Waals surface area (Å²) in [7, 11) is 0. The van der Waals surface area contributed by atoms with E-state index in [9.17, 15) is 4.79 Å². The fourth-order valence-electron chi connectivity index (χ4n) is 1.48. The lowest BCUT2D eigenvalue weighted by atomic mass is 10.2. The highest BCUT2D eigenvalue weighted by Crippen LogP contribution is 2.13. The van der Waals surface area contributed by atoms with Crippen LogP contribution in [0.1, 0.15) is 23.6 Å². The van der Waals surface area contributed by atoms with Crippen molar-refractivity contribution in [2.24, 2.45) is 0 Å². The molecule has 0 bridgehead atoms. The Balaban J connectivity index is 1.86. The molecule has 0 saturated heterocycles. The second-order valence-electron chi connectivity index (χ2n) is 4.15. The number of esters is 1. The molecule has 6 heteroatoms. The molecule has 19 heavy (non-hydrogen) atoms. The molecule has 0 aliphatic carbocycles. The third-order valence-corrected chi connectivity index (χ3v) is 2.39. The topological polar surface area (TPSA) is 77.9 Å². The van der Waals surface area contributed by atoms with E-state index in [-0.39, 0.29) is 12.4 Å². The minimum atomic E-state index is -0.324. The van der Waals surface area contributed by atoms with Crippen molar-refractivity contribution in [2.75, 3.05) is 0 Å². The Kier molecular flexibility index (Phi) is 4.12. The van der Waals surface area contributed by atoms with Gasteiger partial charge in [0.15, 0.2) is 11.6 Å². The van der Waals surface area contributed by atoms with Crippen molar-refractivity contribution in [1.29, 1.82) is 0 Å². The van der Waals surface area contributed by atoms with Gasteiger partial charge in [-0.25, -0.2) is 0 Å². The lowest BCUT2D eigenvalue weighted by Gasteiger charge is -2.04. The van der Waals surface area contributed by atoms with Gasteiger partial charge in [-0.05, 0) is 31.5 Å². The van der Waals surface area contributed by atoms with Crippen LogP contribution >= 0.6 is 0 Å². The minimum absolute atomic E-state index is 0.195. The van der Waals surface area contributed by atoms with Crippen LogP contribution in [0.2, 0.25) is 0 Å². The Bertz CT molecular complexity index is 569. The maximum Gasteiger partial charge on any atom is 0.311 e. The smallest absolute Gasteiger partial charge is 0.311 e. The first-order chi connectivity index (χ1) is 9.13. The van der Waals surface area contributed by atoms with Crippen molar-refractivity contribution in [1.82, 2.24) is 20.4 Å². The Morgan fingerprint density at radius 3 is 2.58 bits per heavy atom. The van der Waals surface area contributed by atoms with Gasteiger partial charge in [0.2, 0.25) is 0 Å². The number of ether oxygens (including phenoxy) is 1. The van der Waals surface area contributed by atoms with E-state index >= 15 is 0 Å². The van der Waals surface area contributed by atoms with Crippen LogP contribution in [0.25, 0.3) is 0 Å². The Morgan fingerprint density at radius 2 is 1.89 bits per heavy atom. The summed E-state index contributed by atoms with van der Waals surface area (Å²) in [5, 5.41) is 15.2. The second kappa shape index (κ2) is 5.99. The molecule has 0 aliphatic heterocycles. The monoisotopic (exact) mass is 258 g/mol. The number of hydrogen-bond donors (Lipinski definition) is 0. The summed E-state index contributed by atoms with van der Waals surface area (Å²) in [5.41, 5.74) is 1.04. The molecule has 0 spiro atoms. The fraction of sp³-hybridized carbons (Fsp3) is 0.308. The molecule has 0 unspecified atom stereocenters. The van der Waals surface area contributed by atoms with Gasteiger partial charge in [0.25, 0.3) is 0 Å². The third kappa shape index (κ3) is 4.09. The van der Waals surface area contributed by atoms with E-state index in [2.05, 4.69) is 20.4 Å². The highest BCUT2D eigenvalue weighted by molar-refractivity contribution is 5.72. The Hall–Kier alpha value is -2.37. The van der Waals surface area contributed by atoms with Gasteiger partial charge in [-0.15, -0.1) is 20.4 Å². The number of nitrogens with zero attached hydrogens (tertiary/aromatic N) is 4. The lowest BCUT2D eigenvalue weighted by Crippen LogP contribution is -2.11. The molecule has 1 aromatic carbocycles. The van der Waals surface area contributed by atoms with Gasteiger partial charge >= 0.3 is 5.97 Å². The zero-order valence-corrected chi connectivity index (χ0v) is 10.8. The number of carbonyl (C=O) groups excluding carboxylic acids is 1. The predicted octanol–water partition coefficient (Wildman–Crippen LogP) is 1.42. The van der Waals surface area contributed by atoms with E-state index < -0.39 is 0 Å². The number of carbonyl (C=O) groups is 1. The van der Waals surface area contributed by atoms with Crippen LogP contribution in [0.5, 0.6) is 5.75 Å². The van der Waals surface area contributed by atoms with Crippen molar-refractivity contribution in [2.45, 2.75) is 26.7 Å². The van der Waals surface area contributed by atoms with Gasteiger partial charge < -0.3 is 4.74 Å². The van der Waals surface area contributed by atoms with Gasteiger partial charge in [0.05, 0.1) is 6.42 Å². The van der Waals surface area contributed by atoms with E-state index in [1.807, 2.05) is 25.1 Å². The van der Waals surface area contributed by atoms with Gasteiger partial charge in [-0.3, -0.25) is 4.79 Å². The zero-order valence-electron chi connectivity index (χ0n) is 10.8. The molecule has 6 nitrogen and oxygen atoms in total. The molecule has 0 amide bonds. The maximum absolute atomic E-state index is 11.6. The molecule has 2 rings (SSSR count). The Morgan fingerprint density at radius 1 is 1.16 bits per heavy atom. The number of rotatable bonds is 4. The van der Waals surface area contributed by atoms with Gasteiger partial charge in [-0.1, -0.05) is 12.1 Å². The molecule has 0 radical (unpaired) electrons. The zero-order chi connectivity index (χ0) is 13.7. The maximum atomic E-state index is 11.6. The first-order valence-corrected chi connectivity index (χ1v) is 5.94. The molecule has 0 atom stereocenters. The molecular weight excluding hydrogens is 244 g/mol. The van der Waals surface area contributed by atoms with Crippen LogP contribution in [0, 0.1) is 13.8 Å². The average molecular weight is 258 g/mol. The van der Waals surface area contributed by atoms with E-state index in [4.69, 9.17) is 4.74 Å². The third-order valence-electron chi connectivity index (χ3n) is 2.39. The molecule has 0 fully saturated rings. The van der Waals surface area contributed by atoms with Crippen LogP contribution in [0.4, 0.5) is 0 Å².